The van der Waals surface area contributed by atoms with Gasteiger partial charge >= 0.3 is 6.09 Å². The van der Waals surface area contributed by atoms with Crippen LogP contribution in [0, 0.1) is 0 Å². The van der Waals surface area contributed by atoms with Crippen molar-refractivity contribution in [2.75, 3.05) is 12.4 Å². The minimum atomic E-state index is -0.637. The number of hydrogen-bond acceptors (Lipinski definition) is 5. The lowest BCUT2D eigenvalue weighted by Gasteiger charge is -2.20. The number of amides is 1. The lowest BCUT2D eigenvalue weighted by Crippen LogP contribution is -2.28. The van der Waals surface area contributed by atoms with Gasteiger partial charge in [0.05, 0.1) is 30.0 Å². The summed E-state index contributed by atoms with van der Waals surface area (Å²) >= 11 is 0. The average molecular weight is 395 g/mol. The van der Waals surface area contributed by atoms with Gasteiger partial charge in [-0.3, -0.25) is 14.7 Å². The Morgan fingerprint density at radius 2 is 1.90 bits per heavy atom. The highest BCUT2D eigenvalue weighted by Gasteiger charge is 2.18. The van der Waals surface area contributed by atoms with Crippen molar-refractivity contribution in [3.05, 3.63) is 64.7 Å². The predicted octanol–water partition coefficient (Wildman–Crippen LogP) is 3.99. The fourth-order valence-electron chi connectivity index (χ4n) is 3.03. The van der Waals surface area contributed by atoms with E-state index in [1.54, 1.807) is 46.1 Å². The maximum Gasteiger partial charge on any atom is 0.412 e. The number of aryl methyl sites for hydroxylation is 2. The highest BCUT2D eigenvalue weighted by atomic mass is 16.6. The van der Waals surface area contributed by atoms with Gasteiger partial charge in [0.15, 0.2) is 0 Å². The minimum Gasteiger partial charge on any atom is -0.496 e. The Kier molecular flexibility index (Phi) is 5.87. The third-order valence-electron chi connectivity index (χ3n) is 4.30. The summed E-state index contributed by atoms with van der Waals surface area (Å²) in [4.78, 5) is 29.6. The van der Waals surface area contributed by atoms with Crippen molar-refractivity contribution in [1.82, 2.24) is 9.55 Å². The second-order valence-corrected chi connectivity index (χ2v) is 7.63. The van der Waals surface area contributed by atoms with Crippen LogP contribution in [0.25, 0.3) is 10.9 Å². The van der Waals surface area contributed by atoms with Crippen LogP contribution in [0.3, 0.4) is 0 Å². The first-order valence-electron chi connectivity index (χ1n) is 9.38. The van der Waals surface area contributed by atoms with Crippen molar-refractivity contribution >= 4 is 22.7 Å². The van der Waals surface area contributed by atoms with Gasteiger partial charge in [0.2, 0.25) is 0 Å². The molecule has 1 aromatic heterocycles. The summed E-state index contributed by atoms with van der Waals surface area (Å²) in [5, 5.41) is 3.02. The third-order valence-corrected chi connectivity index (χ3v) is 4.30. The van der Waals surface area contributed by atoms with Gasteiger partial charge in [-0.1, -0.05) is 24.3 Å². The Labute approximate surface area is 169 Å². The molecule has 0 aliphatic carbocycles. The molecule has 0 fully saturated rings. The number of carbonyl (C=O) groups excluding carboxylic acids is 1. The topological polar surface area (TPSA) is 82.4 Å². The molecule has 29 heavy (non-hydrogen) atoms. The van der Waals surface area contributed by atoms with E-state index in [2.05, 4.69) is 10.3 Å². The molecule has 2 aromatic carbocycles. The first kappa shape index (κ1) is 20.4. The van der Waals surface area contributed by atoms with Crippen LogP contribution >= 0.6 is 0 Å². The molecule has 3 rings (SSSR count). The van der Waals surface area contributed by atoms with Crippen LogP contribution in [-0.2, 0) is 17.7 Å². The summed E-state index contributed by atoms with van der Waals surface area (Å²) in [5.74, 6) is 0.779. The molecule has 0 atom stereocenters. The van der Waals surface area contributed by atoms with Crippen molar-refractivity contribution < 1.29 is 14.3 Å². The molecule has 1 N–H and O–H groups in total. The summed E-state index contributed by atoms with van der Waals surface area (Å²) in [6, 6.07) is 12.8. The summed E-state index contributed by atoms with van der Waals surface area (Å²) in [5.41, 5.74) is 1.03. The maximum atomic E-state index is 13.1. The molecule has 1 heterocycles. The number of rotatable bonds is 5. The summed E-state index contributed by atoms with van der Waals surface area (Å²) in [7, 11) is 1.62. The number of aromatic nitrogens is 2. The van der Waals surface area contributed by atoms with Crippen molar-refractivity contribution in [2.45, 2.75) is 39.3 Å². The second-order valence-electron chi connectivity index (χ2n) is 7.63. The average Bonchev–Trinajstić information content (AvgIpc) is 2.66. The normalized spacial score (nSPS) is 11.3. The maximum absolute atomic E-state index is 13.1. The van der Waals surface area contributed by atoms with E-state index in [0.717, 1.165) is 11.3 Å². The molecule has 152 valence electrons. The standard InChI is InChI=1S/C22H25N3O4/c1-22(2,3)29-21(27)24-17-10-7-9-16-19(17)20(26)25(14-23-16)13-12-15-8-5-6-11-18(15)28-4/h5-11,14H,12-13H2,1-4H3,(H,24,27). The van der Waals surface area contributed by atoms with E-state index in [4.69, 9.17) is 9.47 Å². The fourth-order valence-corrected chi connectivity index (χ4v) is 3.03. The molecular weight excluding hydrogens is 370 g/mol. The molecule has 0 saturated carbocycles. The van der Waals surface area contributed by atoms with Gasteiger partial charge in [-0.05, 0) is 51.0 Å². The molecule has 0 saturated heterocycles. The zero-order valence-corrected chi connectivity index (χ0v) is 17.1. The number of nitrogens with one attached hydrogen (secondary N) is 1. The molecule has 0 bridgehead atoms. The fraction of sp³-hybridized carbons (Fsp3) is 0.318. The molecule has 0 spiro atoms. The van der Waals surface area contributed by atoms with Crippen molar-refractivity contribution in [3.8, 4) is 5.75 Å². The van der Waals surface area contributed by atoms with Gasteiger partial charge < -0.3 is 9.47 Å². The molecule has 3 aromatic rings. The number of carbonyl (C=O) groups is 1. The molecule has 0 unspecified atom stereocenters. The zero-order valence-electron chi connectivity index (χ0n) is 17.1. The van der Waals surface area contributed by atoms with Crippen LogP contribution in [0.5, 0.6) is 5.75 Å². The lowest BCUT2D eigenvalue weighted by molar-refractivity contribution is 0.0636. The SMILES string of the molecule is COc1ccccc1CCn1cnc2cccc(NC(=O)OC(C)(C)C)c2c1=O. The third kappa shape index (κ3) is 4.93. The van der Waals surface area contributed by atoms with E-state index < -0.39 is 11.7 Å². The van der Waals surface area contributed by atoms with E-state index in [1.807, 2.05) is 24.3 Å². The van der Waals surface area contributed by atoms with Gasteiger partial charge in [-0.2, -0.15) is 0 Å². The smallest absolute Gasteiger partial charge is 0.412 e. The van der Waals surface area contributed by atoms with E-state index in [-0.39, 0.29) is 5.56 Å². The number of anilines is 1. The minimum absolute atomic E-state index is 0.225. The van der Waals surface area contributed by atoms with Gasteiger partial charge in [0.1, 0.15) is 11.4 Å². The van der Waals surface area contributed by atoms with Gasteiger partial charge in [-0.15, -0.1) is 0 Å². The van der Waals surface area contributed by atoms with Crippen LogP contribution in [0.2, 0.25) is 0 Å². The van der Waals surface area contributed by atoms with E-state index in [9.17, 15) is 9.59 Å². The second kappa shape index (κ2) is 8.34. The first-order chi connectivity index (χ1) is 13.8. The Hall–Kier alpha value is -3.35. The van der Waals surface area contributed by atoms with Crippen molar-refractivity contribution in [3.63, 3.8) is 0 Å². The van der Waals surface area contributed by atoms with Gasteiger partial charge in [0, 0.05) is 6.54 Å². The Morgan fingerprint density at radius 3 is 2.62 bits per heavy atom. The van der Waals surface area contributed by atoms with Crippen LogP contribution in [0.4, 0.5) is 10.5 Å². The van der Waals surface area contributed by atoms with E-state index in [0.29, 0.717) is 29.6 Å². The number of fused-ring (bicyclic) bond motifs is 1. The number of nitrogens with zero attached hydrogens (tertiary/aromatic N) is 2. The Balaban J connectivity index is 1.90. The highest BCUT2D eigenvalue weighted by molar-refractivity contribution is 5.98. The number of methoxy groups -OCH3 is 1. The molecule has 0 aliphatic rings. The first-order valence-corrected chi connectivity index (χ1v) is 9.38. The molecular formula is C22H25N3O4. The predicted molar refractivity (Wildman–Crippen MR) is 113 cm³/mol. The van der Waals surface area contributed by atoms with E-state index in [1.165, 1.54) is 10.9 Å². The van der Waals surface area contributed by atoms with Crippen LogP contribution in [-0.4, -0.2) is 28.4 Å². The van der Waals surface area contributed by atoms with Crippen molar-refractivity contribution in [1.29, 1.82) is 0 Å². The number of benzene rings is 2. The Bertz CT molecular complexity index is 1080. The van der Waals surface area contributed by atoms with Crippen LogP contribution in [0.15, 0.2) is 53.6 Å². The molecule has 7 heteroatoms. The molecule has 7 nitrogen and oxygen atoms in total. The number of hydrogen-bond donors (Lipinski definition) is 1. The van der Waals surface area contributed by atoms with Gasteiger partial charge in [-0.25, -0.2) is 9.78 Å². The van der Waals surface area contributed by atoms with Crippen molar-refractivity contribution in [2.24, 2.45) is 0 Å². The summed E-state index contributed by atoms with van der Waals surface area (Å²) < 4.78 is 12.2. The lowest BCUT2D eigenvalue weighted by atomic mass is 10.1. The monoisotopic (exact) mass is 395 g/mol. The molecule has 0 aliphatic heterocycles. The zero-order chi connectivity index (χ0) is 21.0. The molecule has 0 radical (unpaired) electrons. The van der Waals surface area contributed by atoms with Gasteiger partial charge in [0.25, 0.3) is 5.56 Å². The number of para-hydroxylation sites is 1. The highest BCUT2D eigenvalue weighted by Crippen LogP contribution is 2.21. The quantitative estimate of drug-likeness (QED) is 0.706. The largest absolute Gasteiger partial charge is 0.496 e. The number of ether oxygens (including phenoxy) is 2. The Morgan fingerprint density at radius 1 is 1.14 bits per heavy atom. The summed E-state index contributed by atoms with van der Waals surface area (Å²) in [6.07, 6.45) is 1.52. The van der Waals surface area contributed by atoms with Crippen LogP contribution in [0.1, 0.15) is 26.3 Å². The van der Waals surface area contributed by atoms with E-state index >= 15 is 0 Å². The molecule has 1 amide bonds. The van der Waals surface area contributed by atoms with Crippen LogP contribution < -0.4 is 15.6 Å². The summed E-state index contributed by atoms with van der Waals surface area (Å²) in [6.45, 7) is 5.77.